The van der Waals surface area contributed by atoms with Crippen molar-refractivity contribution < 1.29 is 34.5 Å². The monoisotopic (exact) mass is 581 g/mol. The van der Waals surface area contributed by atoms with E-state index in [1.54, 1.807) is 25.3 Å². The summed E-state index contributed by atoms with van der Waals surface area (Å²) in [5, 5.41) is 37.4. The molecule has 3 aromatic rings. The Morgan fingerprint density at radius 1 is 0.881 bits per heavy atom. The first kappa shape index (κ1) is 32.1. The molecule has 0 saturated heterocycles. The Labute approximate surface area is 243 Å². The Morgan fingerprint density at radius 2 is 1.52 bits per heavy atom. The summed E-state index contributed by atoms with van der Waals surface area (Å²) in [7, 11) is 0. The molecule has 12 heteroatoms. The maximum Gasteiger partial charge on any atom is 0.328 e. The van der Waals surface area contributed by atoms with Gasteiger partial charge < -0.3 is 42.0 Å². The van der Waals surface area contributed by atoms with Crippen molar-refractivity contribution in [2.45, 2.75) is 70.3 Å². The average molecular weight is 582 g/mol. The highest BCUT2D eigenvalue weighted by atomic mass is 16.4. The number of amides is 3. The lowest BCUT2D eigenvalue weighted by atomic mass is 9.96. The molecule has 0 radical (unpaired) electrons. The van der Waals surface area contributed by atoms with Gasteiger partial charge in [0.25, 0.3) is 0 Å². The fourth-order valence-electron chi connectivity index (χ4n) is 4.57. The number of para-hydroxylation sites is 1. The quantitative estimate of drug-likeness (QED) is 0.137. The topological polar surface area (TPSA) is 207 Å². The number of aliphatic hydroxyl groups excluding tert-OH is 1. The maximum atomic E-state index is 13.6. The fourth-order valence-corrected chi connectivity index (χ4v) is 4.57. The van der Waals surface area contributed by atoms with E-state index in [1.165, 1.54) is 19.1 Å². The number of carbonyl (C=O) groups excluding carboxylic acids is 3. The van der Waals surface area contributed by atoms with Crippen LogP contribution in [0.3, 0.4) is 0 Å². The largest absolute Gasteiger partial charge is 0.508 e. The zero-order valence-corrected chi connectivity index (χ0v) is 23.8. The van der Waals surface area contributed by atoms with Gasteiger partial charge in [-0.05, 0) is 48.6 Å². The molecule has 0 spiro atoms. The van der Waals surface area contributed by atoms with Crippen molar-refractivity contribution in [2.75, 3.05) is 0 Å². The van der Waals surface area contributed by atoms with Crippen molar-refractivity contribution in [3.05, 3.63) is 65.9 Å². The summed E-state index contributed by atoms with van der Waals surface area (Å²) >= 11 is 0. The molecule has 12 nitrogen and oxygen atoms in total. The number of carboxylic acids is 1. The van der Waals surface area contributed by atoms with Crippen LogP contribution < -0.4 is 21.7 Å². The Hall–Kier alpha value is -4.42. The number of aromatic hydroxyl groups is 1. The molecule has 0 saturated carbocycles. The minimum absolute atomic E-state index is 0.00920. The number of H-pyrrole nitrogens is 1. The zero-order valence-electron chi connectivity index (χ0n) is 23.8. The van der Waals surface area contributed by atoms with Crippen LogP contribution in [0.2, 0.25) is 0 Å². The third-order valence-corrected chi connectivity index (χ3v) is 7.30. The summed E-state index contributed by atoms with van der Waals surface area (Å²) in [6.45, 7) is 4.87. The molecule has 6 atom stereocenters. The summed E-state index contributed by atoms with van der Waals surface area (Å²) in [6.07, 6.45) is 1.01. The van der Waals surface area contributed by atoms with Gasteiger partial charge in [-0.1, -0.05) is 50.6 Å². The van der Waals surface area contributed by atoms with E-state index < -0.39 is 54.0 Å². The van der Waals surface area contributed by atoms with E-state index in [1.807, 2.05) is 31.2 Å². The molecule has 0 fully saturated rings. The second-order valence-electron chi connectivity index (χ2n) is 10.5. The first-order chi connectivity index (χ1) is 19.9. The lowest BCUT2D eigenvalue weighted by molar-refractivity contribution is -0.145. The number of aromatic amines is 1. The number of phenols is 1. The number of phenolic OH excluding ortho intramolecular Hbond substituents is 1. The van der Waals surface area contributed by atoms with E-state index in [4.69, 9.17) is 5.73 Å². The van der Waals surface area contributed by atoms with Crippen molar-refractivity contribution in [1.82, 2.24) is 20.9 Å². The van der Waals surface area contributed by atoms with Gasteiger partial charge in [-0.15, -0.1) is 0 Å². The number of carbonyl (C=O) groups is 4. The molecular formula is C30H39N5O7. The second-order valence-corrected chi connectivity index (χ2v) is 10.5. The summed E-state index contributed by atoms with van der Waals surface area (Å²) in [4.78, 5) is 54.7. The van der Waals surface area contributed by atoms with Gasteiger partial charge in [0, 0.05) is 23.5 Å². The number of aliphatic hydroxyl groups is 1. The summed E-state index contributed by atoms with van der Waals surface area (Å²) < 4.78 is 0. The van der Waals surface area contributed by atoms with Gasteiger partial charge in [-0.25, -0.2) is 4.79 Å². The molecule has 42 heavy (non-hydrogen) atoms. The number of fused-ring (bicyclic) bond motifs is 1. The standard InChI is InChI=1S/C30H39N5O7/c1-4-16(2)25(34-27(38)22(31)13-18-9-11-20(37)12-10-18)29(40)33-24(28(39)35-26(17(3)36)30(41)42)14-19-15-32-23-8-6-5-7-21(19)23/h5-12,15-17,22,24-26,32,36-37H,4,13-14,31H2,1-3H3,(H,33,40)(H,34,38)(H,35,39)(H,41,42). The van der Waals surface area contributed by atoms with Gasteiger partial charge in [0.05, 0.1) is 12.1 Å². The van der Waals surface area contributed by atoms with Crippen LogP contribution >= 0.6 is 0 Å². The molecule has 1 aromatic heterocycles. The van der Waals surface area contributed by atoms with Crippen molar-refractivity contribution in [1.29, 1.82) is 0 Å². The molecule has 0 bridgehead atoms. The summed E-state index contributed by atoms with van der Waals surface area (Å²) in [5.41, 5.74) is 8.37. The van der Waals surface area contributed by atoms with Crippen LogP contribution in [0.1, 0.15) is 38.3 Å². The Balaban J connectivity index is 1.82. The van der Waals surface area contributed by atoms with Crippen LogP contribution in [-0.4, -0.2) is 74.3 Å². The number of hydrogen-bond acceptors (Lipinski definition) is 7. The van der Waals surface area contributed by atoms with E-state index in [2.05, 4.69) is 20.9 Å². The third-order valence-electron chi connectivity index (χ3n) is 7.30. The van der Waals surface area contributed by atoms with Gasteiger partial charge >= 0.3 is 5.97 Å². The maximum absolute atomic E-state index is 13.6. The molecule has 226 valence electrons. The van der Waals surface area contributed by atoms with Gasteiger partial charge in [-0.2, -0.15) is 0 Å². The van der Waals surface area contributed by atoms with Crippen molar-refractivity contribution >= 4 is 34.6 Å². The fraction of sp³-hybridized carbons (Fsp3) is 0.400. The number of aromatic nitrogens is 1. The molecule has 1 heterocycles. The summed E-state index contributed by atoms with van der Waals surface area (Å²) in [5.74, 6) is -3.70. The smallest absolute Gasteiger partial charge is 0.328 e. The van der Waals surface area contributed by atoms with Crippen molar-refractivity contribution in [2.24, 2.45) is 11.7 Å². The molecule has 0 aliphatic rings. The van der Waals surface area contributed by atoms with Gasteiger partial charge in [0.1, 0.15) is 17.8 Å². The molecule has 9 N–H and O–H groups in total. The number of hydrogen-bond donors (Lipinski definition) is 8. The van der Waals surface area contributed by atoms with Crippen molar-refractivity contribution in [3.63, 3.8) is 0 Å². The summed E-state index contributed by atoms with van der Waals surface area (Å²) in [6, 6.07) is 8.80. The number of rotatable bonds is 14. The van der Waals surface area contributed by atoms with Crippen LogP contribution in [0.4, 0.5) is 0 Å². The normalized spacial score (nSPS) is 15.5. The molecule has 2 aromatic carbocycles. The van der Waals surface area contributed by atoms with Crippen LogP contribution in [0.15, 0.2) is 54.7 Å². The number of carboxylic acid groups (broad SMARTS) is 1. The van der Waals surface area contributed by atoms with E-state index in [0.717, 1.165) is 16.5 Å². The molecule has 0 aliphatic heterocycles. The van der Waals surface area contributed by atoms with E-state index in [0.29, 0.717) is 12.0 Å². The molecular weight excluding hydrogens is 542 g/mol. The Bertz CT molecular complexity index is 1390. The van der Waals surface area contributed by atoms with E-state index in [9.17, 15) is 34.5 Å². The van der Waals surface area contributed by atoms with Gasteiger partial charge in [-0.3, -0.25) is 14.4 Å². The predicted octanol–water partition coefficient (Wildman–Crippen LogP) is 0.952. The SMILES string of the molecule is CCC(C)C(NC(=O)C(N)Cc1ccc(O)cc1)C(=O)NC(Cc1c[nH]c2ccccc12)C(=O)NC(C(=O)O)C(C)O. The van der Waals surface area contributed by atoms with Gasteiger partial charge in [0.15, 0.2) is 6.04 Å². The first-order valence-electron chi connectivity index (χ1n) is 13.8. The van der Waals surface area contributed by atoms with Gasteiger partial charge in [0.2, 0.25) is 17.7 Å². The second kappa shape index (κ2) is 14.5. The molecule has 3 amide bonds. The van der Waals surface area contributed by atoms with Crippen molar-refractivity contribution in [3.8, 4) is 5.75 Å². The van der Waals surface area contributed by atoms with Crippen LogP contribution in [0.25, 0.3) is 10.9 Å². The minimum Gasteiger partial charge on any atom is -0.508 e. The Kier molecular flexibility index (Phi) is 11.1. The highest BCUT2D eigenvalue weighted by molar-refractivity contribution is 5.95. The minimum atomic E-state index is -1.59. The van der Waals surface area contributed by atoms with Crippen LogP contribution in [0.5, 0.6) is 5.75 Å². The van der Waals surface area contributed by atoms with E-state index in [-0.39, 0.29) is 24.5 Å². The highest BCUT2D eigenvalue weighted by Gasteiger charge is 2.34. The number of nitrogens with one attached hydrogen (secondary N) is 4. The number of nitrogens with two attached hydrogens (primary N) is 1. The number of aliphatic carboxylic acids is 1. The highest BCUT2D eigenvalue weighted by Crippen LogP contribution is 2.20. The van der Waals surface area contributed by atoms with Crippen LogP contribution in [-0.2, 0) is 32.0 Å². The predicted molar refractivity (Wildman–Crippen MR) is 156 cm³/mol. The van der Waals surface area contributed by atoms with E-state index >= 15 is 0 Å². The Morgan fingerprint density at radius 3 is 2.14 bits per heavy atom. The van der Waals surface area contributed by atoms with Crippen LogP contribution in [0, 0.1) is 5.92 Å². The third kappa shape index (κ3) is 8.30. The number of benzene rings is 2. The average Bonchev–Trinajstić information content (AvgIpc) is 3.36. The first-order valence-corrected chi connectivity index (χ1v) is 13.8. The molecule has 6 unspecified atom stereocenters. The lowest BCUT2D eigenvalue weighted by Crippen LogP contribution is -2.60. The molecule has 0 aliphatic carbocycles. The lowest BCUT2D eigenvalue weighted by Gasteiger charge is -2.28. The molecule has 3 rings (SSSR count). The zero-order chi connectivity index (χ0) is 31.0.